The summed E-state index contributed by atoms with van der Waals surface area (Å²) in [6.07, 6.45) is 0.756. The Labute approximate surface area is 114 Å². The highest BCUT2D eigenvalue weighted by molar-refractivity contribution is 6.30. The summed E-state index contributed by atoms with van der Waals surface area (Å²) >= 11 is 6.05. The van der Waals surface area contributed by atoms with Gasteiger partial charge in [0.1, 0.15) is 17.6 Å². The van der Waals surface area contributed by atoms with Gasteiger partial charge < -0.3 is 9.64 Å². The Morgan fingerprint density at radius 1 is 1.17 bits per heavy atom. The Morgan fingerprint density at radius 3 is 2.39 bits per heavy atom. The second kappa shape index (κ2) is 7.54. The SMILES string of the molecule is CCc1nc(Cl)c(C)c(OCCN(CC)CC)n1. The van der Waals surface area contributed by atoms with Gasteiger partial charge in [0.05, 0.1) is 0 Å². The molecular formula is C13H22ClN3O. The van der Waals surface area contributed by atoms with Gasteiger partial charge >= 0.3 is 0 Å². The Morgan fingerprint density at radius 2 is 1.83 bits per heavy atom. The average Bonchev–Trinajstić information content (AvgIpc) is 2.39. The van der Waals surface area contributed by atoms with E-state index in [1.807, 2.05) is 13.8 Å². The number of likely N-dealkylation sites (N-methyl/N-ethyl adjacent to an activating group) is 1. The topological polar surface area (TPSA) is 38.2 Å². The van der Waals surface area contributed by atoms with Crippen molar-refractivity contribution >= 4 is 11.6 Å². The molecule has 0 radical (unpaired) electrons. The fourth-order valence-electron chi connectivity index (χ4n) is 1.62. The van der Waals surface area contributed by atoms with Gasteiger partial charge in [-0.3, -0.25) is 0 Å². The fraction of sp³-hybridized carbons (Fsp3) is 0.692. The van der Waals surface area contributed by atoms with Crippen LogP contribution >= 0.6 is 11.6 Å². The zero-order valence-electron chi connectivity index (χ0n) is 11.7. The molecule has 0 aliphatic carbocycles. The third-order valence-electron chi connectivity index (χ3n) is 2.95. The van der Waals surface area contributed by atoms with Crippen LogP contribution < -0.4 is 4.74 Å². The number of hydrogen-bond donors (Lipinski definition) is 0. The Kier molecular flexibility index (Phi) is 6.36. The van der Waals surface area contributed by atoms with Crippen molar-refractivity contribution in [2.45, 2.75) is 34.1 Å². The van der Waals surface area contributed by atoms with E-state index >= 15 is 0 Å². The minimum atomic E-state index is 0.486. The van der Waals surface area contributed by atoms with Crippen LogP contribution in [0.5, 0.6) is 5.88 Å². The average molecular weight is 272 g/mol. The molecule has 0 amide bonds. The van der Waals surface area contributed by atoms with Crippen molar-refractivity contribution in [3.8, 4) is 5.88 Å². The van der Waals surface area contributed by atoms with E-state index in [1.54, 1.807) is 0 Å². The summed E-state index contributed by atoms with van der Waals surface area (Å²) < 4.78 is 5.72. The lowest BCUT2D eigenvalue weighted by molar-refractivity contribution is 0.216. The van der Waals surface area contributed by atoms with Crippen molar-refractivity contribution < 1.29 is 4.74 Å². The smallest absolute Gasteiger partial charge is 0.221 e. The first kappa shape index (κ1) is 15.2. The molecule has 0 saturated heterocycles. The zero-order valence-corrected chi connectivity index (χ0v) is 12.4. The summed E-state index contributed by atoms with van der Waals surface area (Å²) in [7, 11) is 0. The lowest BCUT2D eigenvalue weighted by Gasteiger charge is -2.18. The zero-order chi connectivity index (χ0) is 13.5. The molecule has 102 valence electrons. The first-order valence-corrected chi connectivity index (χ1v) is 6.88. The summed E-state index contributed by atoms with van der Waals surface area (Å²) in [5.41, 5.74) is 0.813. The number of ether oxygens (including phenoxy) is 1. The van der Waals surface area contributed by atoms with Crippen LogP contribution in [0.4, 0.5) is 0 Å². The van der Waals surface area contributed by atoms with Gasteiger partial charge in [0.15, 0.2) is 0 Å². The second-order valence-corrected chi connectivity index (χ2v) is 4.45. The molecule has 0 N–H and O–H groups in total. The van der Waals surface area contributed by atoms with Gasteiger partial charge in [0, 0.05) is 18.5 Å². The molecule has 0 aliphatic heterocycles. The summed E-state index contributed by atoms with van der Waals surface area (Å²) in [6, 6.07) is 0. The Balaban J connectivity index is 2.64. The van der Waals surface area contributed by atoms with Crippen LogP contribution in [-0.4, -0.2) is 41.1 Å². The molecule has 4 nitrogen and oxygen atoms in total. The van der Waals surface area contributed by atoms with E-state index in [4.69, 9.17) is 16.3 Å². The maximum absolute atomic E-state index is 6.05. The highest BCUT2D eigenvalue weighted by Crippen LogP contribution is 2.21. The van der Waals surface area contributed by atoms with Gasteiger partial charge in [0.25, 0.3) is 0 Å². The van der Waals surface area contributed by atoms with Gasteiger partial charge in [-0.15, -0.1) is 0 Å². The second-order valence-electron chi connectivity index (χ2n) is 4.09. The monoisotopic (exact) mass is 271 g/mol. The van der Waals surface area contributed by atoms with Crippen molar-refractivity contribution in [1.82, 2.24) is 14.9 Å². The summed E-state index contributed by atoms with van der Waals surface area (Å²) in [5, 5.41) is 0.486. The number of aromatic nitrogens is 2. The van der Waals surface area contributed by atoms with E-state index < -0.39 is 0 Å². The molecule has 0 atom stereocenters. The van der Waals surface area contributed by atoms with Crippen molar-refractivity contribution in [2.75, 3.05) is 26.2 Å². The van der Waals surface area contributed by atoms with E-state index in [0.29, 0.717) is 17.6 Å². The van der Waals surface area contributed by atoms with Crippen LogP contribution in [0.1, 0.15) is 32.2 Å². The minimum Gasteiger partial charge on any atom is -0.476 e. The molecule has 0 aromatic carbocycles. The lowest BCUT2D eigenvalue weighted by atomic mass is 10.3. The van der Waals surface area contributed by atoms with Crippen LogP contribution in [0.25, 0.3) is 0 Å². The van der Waals surface area contributed by atoms with Crippen LogP contribution in [-0.2, 0) is 6.42 Å². The maximum atomic E-state index is 6.05. The number of nitrogens with zero attached hydrogens (tertiary/aromatic N) is 3. The van der Waals surface area contributed by atoms with Gasteiger partial charge in [-0.25, -0.2) is 4.98 Å². The molecule has 1 rings (SSSR count). The fourth-order valence-corrected chi connectivity index (χ4v) is 1.80. The van der Waals surface area contributed by atoms with Gasteiger partial charge in [-0.2, -0.15) is 4.98 Å². The number of halogens is 1. The predicted molar refractivity (Wildman–Crippen MR) is 74.4 cm³/mol. The van der Waals surface area contributed by atoms with Crippen LogP contribution in [0.2, 0.25) is 5.15 Å². The van der Waals surface area contributed by atoms with E-state index in [2.05, 4.69) is 28.7 Å². The highest BCUT2D eigenvalue weighted by atomic mass is 35.5. The first-order chi connectivity index (χ1) is 8.62. The van der Waals surface area contributed by atoms with E-state index in [-0.39, 0.29) is 0 Å². The van der Waals surface area contributed by atoms with E-state index in [0.717, 1.165) is 37.4 Å². The molecule has 18 heavy (non-hydrogen) atoms. The lowest BCUT2D eigenvalue weighted by Crippen LogP contribution is -2.28. The molecule has 0 fully saturated rings. The molecule has 1 aromatic heterocycles. The molecule has 1 aromatic rings. The molecule has 0 aliphatic rings. The molecule has 0 saturated carbocycles. The number of aryl methyl sites for hydroxylation is 1. The van der Waals surface area contributed by atoms with Crippen molar-refractivity contribution in [2.24, 2.45) is 0 Å². The van der Waals surface area contributed by atoms with Crippen molar-refractivity contribution in [3.63, 3.8) is 0 Å². The molecule has 5 heteroatoms. The van der Waals surface area contributed by atoms with Gasteiger partial charge in [0.2, 0.25) is 5.88 Å². The van der Waals surface area contributed by atoms with E-state index in [9.17, 15) is 0 Å². The van der Waals surface area contributed by atoms with Crippen LogP contribution in [0.3, 0.4) is 0 Å². The third-order valence-corrected chi connectivity index (χ3v) is 3.31. The third kappa shape index (κ3) is 4.10. The normalized spacial score (nSPS) is 11.0. The van der Waals surface area contributed by atoms with Gasteiger partial charge in [-0.1, -0.05) is 32.4 Å². The number of hydrogen-bond acceptors (Lipinski definition) is 4. The predicted octanol–water partition coefficient (Wildman–Crippen LogP) is 2.72. The first-order valence-electron chi connectivity index (χ1n) is 6.50. The van der Waals surface area contributed by atoms with Crippen LogP contribution in [0, 0.1) is 6.92 Å². The Bertz CT molecular complexity index is 381. The Hall–Kier alpha value is -0.870. The van der Waals surface area contributed by atoms with E-state index in [1.165, 1.54) is 0 Å². The maximum Gasteiger partial charge on any atom is 0.221 e. The number of rotatable bonds is 7. The molecule has 0 unspecified atom stereocenters. The molecule has 1 heterocycles. The summed E-state index contributed by atoms with van der Waals surface area (Å²) in [4.78, 5) is 10.9. The van der Waals surface area contributed by atoms with Gasteiger partial charge in [-0.05, 0) is 20.0 Å². The molecular weight excluding hydrogens is 250 g/mol. The van der Waals surface area contributed by atoms with Crippen molar-refractivity contribution in [1.29, 1.82) is 0 Å². The minimum absolute atomic E-state index is 0.486. The standard InChI is InChI=1S/C13H22ClN3O/c1-5-11-15-12(14)10(4)13(16-11)18-9-8-17(6-2)7-3/h5-9H2,1-4H3. The highest BCUT2D eigenvalue weighted by Gasteiger charge is 2.10. The summed E-state index contributed by atoms with van der Waals surface area (Å²) in [6.45, 7) is 11.8. The molecule has 0 spiro atoms. The van der Waals surface area contributed by atoms with Crippen molar-refractivity contribution in [3.05, 3.63) is 16.5 Å². The quantitative estimate of drug-likeness (QED) is 0.715. The van der Waals surface area contributed by atoms with Crippen LogP contribution in [0.15, 0.2) is 0 Å². The largest absolute Gasteiger partial charge is 0.476 e. The molecule has 0 bridgehead atoms. The summed E-state index contributed by atoms with van der Waals surface area (Å²) in [5.74, 6) is 1.34.